The van der Waals surface area contributed by atoms with Crippen molar-refractivity contribution in [3.63, 3.8) is 0 Å². The number of carbonyl (C=O) groups excluding carboxylic acids is 1. The van der Waals surface area contributed by atoms with E-state index in [-0.39, 0.29) is 11.6 Å². The molecule has 0 bridgehead atoms. The van der Waals surface area contributed by atoms with Crippen LogP contribution in [0.4, 0.5) is 0 Å². The van der Waals surface area contributed by atoms with Gasteiger partial charge in [-0.15, -0.1) is 0 Å². The number of aromatic amines is 1. The third-order valence-electron chi connectivity index (χ3n) is 3.95. The van der Waals surface area contributed by atoms with Gasteiger partial charge >= 0.3 is 5.69 Å². The van der Waals surface area contributed by atoms with Gasteiger partial charge in [0.25, 0.3) is 0 Å². The van der Waals surface area contributed by atoms with Crippen LogP contribution in [-0.2, 0) is 11.3 Å². The van der Waals surface area contributed by atoms with Gasteiger partial charge in [0.2, 0.25) is 5.91 Å². The van der Waals surface area contributed by atoms with Crippen LogP contribution in [0.2, 0.25) is 0 Å². The molecule has 1 N–H and O–H groups in total. The monoisotopic (exact) mass is 295 g/mol. The highest BCUT2D eigenvalue weighted by Gasteiger charge is 2.14. The Morgan fingerprint density at radius 1 is 1.14 bits per heavy atom. The standard InChI is InChI=1S/C16H29N3O2/c1-5-7-10-18(11-8-6-2)15(20)9-12-19-14(4)13(3)17-16(19)21/h5-12H2,1-4H3,(H,17,21). The highest BCUT2D eigenvalue weighted by atomic mass is 16.2. The molecule has 5 heteroatoms. The number of rotatable bonds is 9. The van der Waals surface area contributed by atoms with E-state index >= 15 is 0 Å². The number of amides is 1. The zero-order chi connectivity index (χ0) is 15.8. The fraction of sp³-hybridized carbons (Fsp3) is 0.750. The van der Waals surface area contributed by atoms with Crippen LogP contribution in [0, 0.1) is 13.8 Å². The molecule has 5 nitrogen and oxygen atoms in total. The Morgan fingerprint density at radius 3 is 2.14 bits per heavy atom. The van der Waals surface area contributed by atoms with Crippen molar-refractivity contribution in [3.8, 4) is 0 Å². The molecular weight excluding hydrogens is 266 g/mol. The zero-order valence-corrected chi connectivity index (χ0v) is 13.9. The summed E-state index contributed by atoms with van der Waals surface area (Å²) in [6, 6.07) is 0. The maximum atomic E-state index is 12.4. The second kappa shape index (κ2) is 8.70. The average Bonchev–Trinajstić information content (AvgIpc) is 2.70. The van der Waals surface area contributed by atoms with Crippen LogP contribution >= 0.6 is 0 Å². The van der Waals surface area contributed by atoms with Crippen molar-refractivity contribution in [3.05, 3.63) is 21.9 Å². The molecule has 0 saturated carbocycles. The SMILES string of the molecule is CCCCN(CCCC)C(=O)CCn1c(C)c(C)[nH]c1=O. The molecule has 0 aliphatic rings. The molecule has 1 aromatic heterocycles. The molecule has 21 heavy (non-hydrogen) atoms. The van der Waals surface area contributed by atoms with Crippen molar-refractivity contribution < 1.29 is 4.79 Å². The first-order valence-corrected chi connectivity index (χ1v) is 8.05. The molecule has 0 atom stereocenters. The molecule has 1 heterocycles. The molecule has 1 aromatic rings. The van der Waals surface area contributed by atoms with Crippen LogP contribution < -0.4 is 5.69 Å². The minimum atomic E-state index is -0.119. The van der Waals surface area contributed by atoms with Crippen molar-refractivity contribution in [2.75, 3.05) is 13.1 Å². The van der Waals surface area contributed by atoms with Crippen molar-refractivity contribution in [2.24, 2.45) is 0 Å². The number of unbranched alkanes of at least 4 members (excludes halogenated alkanes) is 2. The molecule has 0 aromatic carbocycles. The Morgan fingerprint density at radius 2 is 1.71 bits per heavy atom. The van der Waals surface area contributed by atoms with Crippen molar-refractivity contribution >= 4 is 5.91 Å². The fourth-order valence-electron chi connectivity index (χ4n) is 2.37. The molecule has 0 unspecified atom stereocenters. The van der Waals surface area contributed by atoms with Gasteiger partial charge in [0.05, 0.1) is 0 Å². The fourth-order valence-corrected chi connectivity index (χ4v) is 2.37. The number of hydrogen-bond donors (Lipinski definition) is 1. The summed E-state index contributed by atoms with van der Waals surface area (Å²) >= 11 is 0. The Kier molecular flexibility index (Phi) is 7.26. The largest absolute Gasteiger partial charge is 0.343 e. The van der Waals surface area contributed by atoms with Crippen molar-refractivity contribution in [2.45, 2.75) is 66.3 Å². The van der Waals surface area contributed by atoms with E-state index < -0.39 is 0 Å². The van der Waals surface area contributed by atoms with Crippen LogP contribution in [0.1, 0.15) is 57.3 Å². The third-order valence-corrected chi connectivity index (χ3v) is 3.95. The lowest BCUT2D eigenvalue weighted by Gasteiger charge is -2.22. The van der Waals surface area contributed by atoms with E-state index in [0.29, 0.717) is 13.0 Å². The minimum absolute atomic E-state index is 0.119. The van der Waals surface area contributed by atoms with Gasteiger partial charge in [-0.25, -0.2) is 4.79 Å². The Balaban J connectivity index is 2.61. The lowest BCUT2D eigenvalue weighted by atomic mass is 10.2. The summed E-state index contributed by atoms with van der Waals surface area (Å²) in [5.41, 5.74) is 1.68. The number of nitrogens with one attached hydrogen (secondary N) is 1. The molecular formula is C16H29N3O2. The summed E-state index contributed by atoms with van der Waals surface area (Å²) in [4.78, 5) is 28.9. The quantitative estimate of drug-likeness (QED) is 0.761. The number of aryl methyl sites for hydroxylation is 1. The predicted octanol–water partition coefficient (Wildman–Crippen LogP) is 2.61. The molecule has 1 rings (SSSR count). The maximum absolute atomic E-state index is 12.4. The number of hydrogen-bond acceptors (Lipinski definition) is 2. The lowest BCUT2D eigenvalue weighted by molar-refractivity contribution is -0.131. The van der Waals surface area contributed by atoms with Gasteiger partial charge in [-0.3, -0.25) is 9.36 Å². The van der Waals surface area contributed by atoms with E-state index in [1.54, 1.807) is 4.57 Å². The molecule has 0 fully saturated rings. The molecule has 120 valence electrons. The highest BCUT2D eigenvalue weighted by molar-refractivity contribution is 5.76. The van der Waals surface area contributed by atoms with Crippen LogP contribution in [-0.4, -0.2) is 33.4 Å². The molecule has 0 saturated heterocycles. The van der Waals surface area contributed by atoms with E-state index in [1.165, 1.54) is 0 Å². The van der Waals surface area contributed by atoms with Crippen LogP contribution in [0.25, 0.3) is 0 Å². The molecule has 1 amide bonds. The van der Waals surface area contributed by atoms with E-state index in [1.807, 2.05) is 18.7 Å². The smallest absolute Gasteiger partial charge is 0.325 e. The third kappa shape index (κ3) is 5.06. The average molecular weight is 295 g/mol. The summed E-state index contributed by atoms with van der Waals surface area (Å²) in [6.07, 6.45) is 4.65. The predicted molar refractivity (Wildman–Crippen MR) is 85.5 cm³/mol. The number of carbonyl (C=O) groups is 1. The van der Waals surface area contributed by atoms with Gasteiger partial charge in [0.15, 0.2) is 0 Å². The summed E-state index contributed by atoms with van der Waals surface area (Å²) in [5.74, 6) is 0.155. The first-order chi connectivity index (χ1) is 10.0. The minimum Gasteiger partial charge on any atom is -0.343 e. The van der Waals surface area contributed by atoms with Gasteiger partial charge in [-0.1, -0.05) is 26.7 Å². The number of H-pyrrole nitrogens is 1. The molecule has 0 aliphatic heterocycles. The van der Waals surface area contributed by atoms with Crippen molar-refractivity contribution in [1.29, 1.82) is 0 Å². The van der Waals surface area contributed by atoms with Crippen molar-refractivity contribution in [1.82, 2.24) is 14.5 Å². The van der Waals surface area contributed by atoms with Gasteiger partial charge in [-0.05, 0) is 26.7 Å². The number of nitrogens with zero attached hydrogens (tertiary/aromatic N) is 2. The highest BCUT2D eigenvalue weighted by Crippen LogP contribution is 2.05. The lowest BCUT2D eigenvalue weighted by Crippen LogP contribution is -2.34. The summed E-state index contributed by atoms with van der Waals surface area (Å²) in [5, 5.41) is 0. The topological polar surface area (TPSA) is 58.1 Å². The van der Waals surface area contributed by atoms with E-state index in [2.05, 4.69) is 18.8 Å². The molecule has 0 radical (unpaired) electrons. The maximum Gasteiger partial charge on any atom is 0.325 e. The summed E-state index contributed by atoms with van der Waals surface area (Å²) in [6.45, 7) is 10.2. The van der Waals surface area contributed by atoms with E-state index in [4.69, 9.17) is 0 Å². The Hall–Kier alpha value is -1.52. The van der Waals surface area contributed by atoms with Crippen LogP contribution in [0.15, 0.2) is 4.79 Å². The second-order valence-corrected chi connectivity index (χ2v) is 5.63. The summed E-state index contributed by atoms with van der Waals surface area (Å²) in [7, 11) is 0. The van der Waals surface area contributed by atoms with E-state index in [0.717, 1.165) is 50.2 Å². The Bertz CT molecular complexity index is 494. The number of imidazole rings is 1. The normalized spacial score (nSPS) is 10.9. The number of aromatic nitrogens is 2. The van der Waals surface area contributed by atoms with Gasteiger partial charge < -0.3 is 9.88 Å². The van der Waals surface area contributed by atoms with Gasteiger partial charge in [0.1, 0.15) is 0 Å². The van der Waals surface area contributed by atoms with Crippen LogP contribution in [0.3, 0.4) is 0 Å². The molecule has 0 spiro atoms. The van der Waals surface area contributed by atoms with Crippen LogP contribution in [0.5, 0.6) is 0 Å². The zero-order valence-electron chi connectivity index (χ0n) is 13.9. The van der Waals surface area contributed by atoms with Gasteiger partial charge in [-0.2, -0.15) is 0 Å². The second-order valence-electron chi connectivity index (χ2n) is 5.63. The molecule has 0 aliphatic carbocycles. The first-order valence-electron chi connectivity index (χ1n) is 8.05. The summed E-state index contributed by atoms with van der Waals surface area (Å²) < 4.78 is 1.66. The van der Waals surface area contributed by atoms with Gasteiger partial charge in [0, 0.05) is 37.4 Å². The van der Waals surface area contributed by atoms with E-state index in [9.17, 15) is 9.59 Å². The Labute approximate surface area is 127 Å². The first kappa shape index (κ1) is 17.5.